The van der Waals surface area contributed by atoms with Gasteiger partial charge >= 0.3 is 0 Å². The maximum atomic E-state index is 9.37. The van der Waals surface area contributed by atoms with Crippen molar-refractivity contribution in [3.05, 3.63) is 23.5 Å². The summed E-state index contributed by atoms with van der Waals surface area (Å²) in [6.07, 6.45) is 9.68. The van der Waals surface area contributed by atoms with Crippen LogP contribution in [0.25, 0.3) is 0 Å². The first kappa shape index (κ1) is 9.78. The Morgan fingerprint density at radius 1 is 1.07 bits per heavy atom. The van der Waals surface area contributed by atoms with Crippen LogP contribution in [0.5, 0.6) is 0 Å². The molecule has 2 rings (SSSR count). The molecule has 2 N–H and O–H groups in total. The van der Waals surface area contributed by atoms with Gasteiger partial charge in [0, 0.05) is 6.42 Å². The second-order valence-corrected chi connectivity index (χ2v) is 4.37. The maximum absolute atomic E-state index is 9.37. The molecule has 0 saturated heterocycles. The number of hydrogen-bond acceptors (Lipinski definition) is 2. The van der Waals surface area contributed by atoms with Gasteiger partial charge in [0.15, 0.2) is 0 Å². The first-order chi connectivity index (χ1) is 6.75. The lowest BCUT2D eigenvalue weighted by atomic mass is 9.81. The molecule has 0 saturated carbocycles. The summed E-state index contributed by atoms with van der Waals surface area (Å²) >= 11 is 0. The molecular formula is C12H18O2. The van der Waals surface area contributed by atoms with Crippen molar-refractivity contribution in [3.63, 3.8) is 0 Å². The van der Waals surface area contributed by atoms with Gasteiger partial charge in [0.2, 0.25) is 0 Å². The Labute approximate surface area is 85.0 Å². The molecule has 2 aliphatic carbocycles. The first-order valence-electron chi connectivity index (χ1n) is 5.50. The minimum Gasteiger partial charge on any atom is -0.513 e. The molecule has 0 fully saturated rings. The molecule has 0 bridgehead atoms. The largest absolute Gasteiger partial charge is 0.513 e. The average molecular weight is 194 g/mol. The number of hydrogen-bond donors (Lipinski definition) is 2. The summed E-state index contributed by atoms with van der Waals surface area (Å²) < 4.78 is 0. The molecule has 0 aromatic heterocycles. The molecule has 0 aromatic rings. The molecule has 0 aliphatic heterocycles. The summed E-state index contributed by atoms with van der Waals surface area (Å²) in [5, 5.41) is 18.6. The molecule has 2 atom stereocenters. The molecule has 78 valence electrons. The van der Waals surface area contributed by atoms with Crippen molar-refractivity contribution >= 4 is 0 Å². The fourth-order valence-corrected chi connectivity index (χ4v) is 2.37. The summed E-state index contributed by atoms with van der Waals surface area (Å²) in [4.78, 5) is 0. The van der Waals surface area contributed by atoms with E-state index in [1.54, 1.807) is 0 Å². The number of aliphatic hydroxyl groups excluding tert-OH is 2. The highest BCUT2D eigenvalue weighted by atomic mass is 16.3. The lowest BCUT2D eigenvalue weighted by Gasteiger charge is -2.26. The first-order valence-corrected chi connectivity index (χ1v) is 5.50. The van der Waals surface area contributed by atoms with Crippen LogP contribution < -0.4 is 0 Å². The third-order valence-electron chi connectivity index (χ3n) is 3.33. The van der Waals surface area contributed by atoms with Gasteiger partial charge in [-0.1, -0.05) is 11.6 Å². The third-order valence-corrected chi connectivity index (χ3v) is 3.33. The highest BCUT2D eigenvalue weighted by molar-refractivity contribution is 5.15. The van der Waals surface area contributed by atoms with Gasteiger partial charge in [-0.05, 0) is 44.1 Å². The van der Waals surface area contributed by atoms with Gasteiger partial charge < -0.3 is 10.2 Å². The van der Waals surface area contributed by atoms with Crippen LogP contribution in [0.4, 0.5) is 0 Å². The van der Waals surface area contributed by atoms with Crippen LogP contribution in [-0.4, -0.2) is 16.3 Å². The molecule has 2 nitrogen and oxygen atoms in total. The molecule has 2 unspecified atom stereocenters. The van der Waals surface area contributed by atoms with E-state index in [4.69, 9.17) is 0 Å². The standard InChI is InChI=1S/C12H18O2/c13-11-5-1-9(2-6-11)10-3-7-12(14)8-4-10/h1,7,10-11,13-14H,2-6,8H2. The van der Waals surface area contributed by atoms with Gasteiger partial charge in [0.05, 0.1) is 11.9 Å². The van der Waals surface area contributed by atoms with E-state index in [0.29, 0.717) is 11.7 Å². The van der Waals surface area contributed by atoms with E-state index in [-0.39, 0.29) is 6.10 Å². The van der Waals surface area contributed by atoms with Crippen LogP contribution in [0, 0.1) is 5.92 Å². The number of allylic oxidation sites excluding steroid dienone is 3. The van der Waals surface area contributed by atoms with Crippen LogP contribution in [0.15, 0.2) is 23.5 Å². The summed E-state index contributed by atoms with van der Waals surface area (Å²) in [6.45, 7) is 0. The third kappa shape index (κ3) is 2.18. The summed E-state index contributed by atoms with van der Waals surface area (Å²) in [7, 11) is 0. The fourth-order valence-electron chi connectivity index (χ4n) is 2.37. The van der Waals surface area contributed by atoms with Gasteiger partial charge in [0.1, 0.15) is 0 Å². The maximum Gasteiger partial charge on any atom is 0.0883 e. The Morgan fingerprint density at radius 3 is 2.50 bits per heavy atom. The predicted molar refractivity (Wildman–Crippen MR) is 56.0 cm³/mol. The average Bonchev–Trinajstić information content (AvgIpc) is 2.21. The molecule has 0 radical (unpaired) electrons. The van der Waals surface area contributed by atoms with Gasteiger partial charge in [-0.2, -0.15) is 0 Å². The van der Waals surface area contributed by atoms with Crippen LogP contribution in [0.1, 0.15) is 38.5 Å². The zero-order chi connectivity index (χ0) is 9.97. The Bertz CT molecular complexity index is 265. The molecule has 2 aliphatic rings. The Hall–Kier alpha value is -0.760. The van der Waals surface area contributed by atoms with Crippen molar-refractivity contribution in [3.8, 4) is 0 Å². The van der Waals surface area contributed by atoms with E-state index in [0.717, 1.165) is 38.5 Å². The predicted octanol–water partition coefficient (Wildman–Crippen LogP) is 2.70. The molecule has 0 aromatic carbocycles. The minimum absolute atomic E-state index is 0.119. The topological polar surface area (TPSA) is 40.5 Å². The summed E-state index contributed by atoms with van der Waals surface area (Å²) in [6, 6.07) is 0. The van der Waals surface area contributed by atoms with Crippen LogP contribution in [0.3, 0.4) is 0 Å². The Balaban J connectivity index is 1.96. The van der Waals surface area contributed by atoms with Crippen LogP contribution in [-0.2, 0) is 0 Å². The van der Waals surface area contributed by atoms with Gasteiger partial charge in [-0.25, -0.2) is 0 Å². The van der Waals surface area contributed by atoms with Gasteiger partial charge in [-0.15, -0.1) is 0 Å². The highest BCUT2D eigenvalue weighted by Gasteiger charge is 2.21. The van der Waals surface area contributed by atoms with E-state index in [1.165, 1.54) is 5.57 Å². The van der Waals surface area contributed by atoms with E-state index in [2.05, 4.69) is 6.08 Å². The van der Waals surface area contributed by atoms with Crippen molar-refractivity contribution in [2.45, 2.75) is 44.6 Å². The molecule has 14 heavy (non-hydrogen) atoms. The van der Waals surface area contributed by atoms with E-state index in [1.807, 2.05) is 6.08 Å². The second-order valence-electron chi connectivity index (χ2n) is 4.37. The smallest absolute Gasteiger partial charge is 0.0883 e. The van der Waals surface area contributed by atoms with E-state index < -0.39 is 0 Å². The van der Waals surface area contributed by atoms with Crippen LogP contribution in [0.2, 0.25) is 0 Å². The van der Waals surface area contributed by atoms with Crippen molar-refractivity contribution in [1.82, 2.24) is 0 Å². The lowest BCUT2D eigenvalue weighted by molar-refractivity contribution is 0.160. The van der Waals surface area contributed by atoms with Gasteiger partial charge in [-0.3, -0.25) is 0 Å². The monoisotopic (exact) mass is 194 g/mol. The highest BCUT2D eigenvalue weighted by Crippen LogP contribution is 2.33. The zero-order valence-electron chi connectivity index (χ0n) is 8.45. The molecule has 0 heterocycles. The minimum atomic E-state index is -0.119. The number of aliphatic hydroxyl groups is 2. The zero-order valence-corrected chi connectivity index (χ0v) is 8.45. The Kier molecular flexibility index (Phi) is 2.92. The second kappa shape index (κ2) is 4.18. The SMILES string of the molecule is OC1=CCC(C2=CCC(O)CC2)CC1. The van der Waals surface area contributed by atoms with E-state index in [9.17, 15) is 10.2 Å². The van der Waals surface area contributed by atoms with Crippen molar-refractivity contribution in [2.75, 3.05) is 0 Å². The molecule has 0 amide bonds. The fraction of sp³-hybridized carbons (Fsp3) is 0.667. The van der Waals surface area contributed by atoms with Crippen molar-refractivity contribution in [1.29, 1.82) is 0 Å². The Morgan fingerprint density at radius 2 is 1.93 bits per heavy atom. The molecule has 0 spiro atoms. The lowest BCUT2D eigenvalue weighted by Crippen LogP contribution is -2.16. The summed E-state index contributed by atoms with van der Waals surface area (Å²) in [5.74, 6) is 1.18. The summed E-state index contributed by atoms with van der Waals surface area (Å²) in [5.41, 5.74) is 1.50. The van der Waals surface area contributed by atoms with Crippen LogP contribution >= 0.6 is 0 Å². The quantitative estimate of drug-likeness (QED) is 0.630. The molecule has 2 heteroatoms. The van der Waals surface area contributed by atoms with E-state index >= 15 is 0 Å². The normalized spacial score (nSPS) is 33.5. The molecular weight excluding hydrogens is 176 g/mol. The number of rotatable bonds is 1. The van der Waals surface area contributed by atoms with Gasteiger partial charge in [0.25, 0.3) is 0 Å². The van der Waals surface area contributed by atoms with Crippen molar-refractivity contribution in [2.24, 2.45) is 5.92 Å². The van der Waals surface area contributed by atoms with Crippen molar-refractivity contribution < 1.29 is 10.2 Å².